The van der Waals surface area contributed by atoms with Crippen LogP contribution in [0.1, 0.15) is 13.3 Å². The molecular formula is C4H8KNS2. The molecule has 0 saturated carbocycles. The Morgan fingerprint density at radius 3 is 2.38 bits per heavy atom. The summed E-state index contributed by atoms with van der Waals surface area (Å²) in [6, 6.07) is 0. The summed E-state index contributed by atoms with van der Waals surface area (Å²) >= 11 is 9.13. The summed E-state index contributed by atoms with van der Waals surface area (Å²) < 4.78 is 0.474. The molecule has 0 spiro atoms. The SMILES string of the molecule is CCCNC(=S)[S-].[K+]. The third-order valence-electron chi connectivity index (χ3n) is 0.519. The molecule has 0 aliphatic rings. The van der Waals surface area contributed by atoms with E-state index in [0.717, 1.165) is 13.0 Å². The van der Waals surface area contributed by atoms with Gasteiger partial charge >= 0.3 is 51.4 Å². The zero-order chi connectivity index (χ0) is 5.70. The molecule has 0 heterocycles. The molecule has 0 aliphatic heterocycles. The molecule has 42 valence electrons. The van der Waals surface area contributed by atoms with Crippen LogP contribution in [0.3, 0.4) is 0 Å². The molecule has 0 aromatic rings. The first-order valence-corrected chi connectivity index (χ1v) is 3.04. The summed E-state index contributed by atoms with van der Waals surface area (Å²) in [6.07, 6.45) is 1.08. The predicted octanol–water partition coefficient (Wildman–Crippen LogP) is -2.18. The van der Waals surface area contributed by atoms with E-state index in [1.54, 1.807) is 0 Å². The van der Waals surface area contributed by atoms with Gasteiger partial charge in [0.1, 0.15) is 0 Å². The van der Waals surface area contributed by atoms with Gasteiger partial charge in [0.15, 0.2) is 0 Å². The van der Waals surface area contributed by atoms with Crippen LogP contribution in [0.5, 0.6) is 0 Å². The average Bonchev–Trinajstić information content (AvgIpc) is 1.61. The van der Waals surface area contributed by atoms with Gasteiger partial charge in [-0.3, -0.25) is 0 Å². The van der Waals surface area contributed by atoms with Crippen LogP contribution >= 0.6 is 12.2 Å². The van der Waals surface area contributed by atoms with Crippen molar-refractivity contribution in [2.75, 3.05) is 6.54 Å². The standard InChI is InChI=1S/C4H9NS2.K/c1-2-3-5-4(6)7;/h2-3H2,1H3,(H2,5,6,7);/q;+1/p-1. The normalized spacial score (nSPS) is 7.12. The minimum atomic E-state index is 0. The third kappa shape index (κ3) is 10.7. The molecule has 0 bridgehead atoms. The van der Waals surface area contributed by atoms with Gasteiger partial charge in [-0.25, -0.2) is 0 Å². The van der Waals surface area contributed by atoms with Crippen LogP contribution in [0.25, 0.3) is 0 Å². The molecule has 0 atom stereocenters. The van der Waals surface area contributed by atoms with E-state index in [0.29, 0.717) is 4.32 Å². The number of hydrogen-bond acceptors (Lipinski definition) is 2. The molecule has 0 radical (unpaired) electrons. The van der Waals surface area contributed by atoms with Crippen molar-refractivity contribution in [3.8, 4) is 0 Å². The van der Waals surface area contributed by atoms with Crippen molar-refractivity contribution in [1.82, 2.24) is 5.32 Å². The molecule has 0 aliphatic carbocycles. The molecule has 0 aromatic carbocycles. The van der Waals surface area contributed by atoms with E-state index in [4.69, 9.17) is 0 Å². The van der Waals surface area contributed by atoms with Crippen molar-refractivity contribution < 1.29 is 51.4 Å². The fourth-order valence-electron chi connectivity index (χ4n) is 0.227. The second-order valence-electron chi connectivity index (χ2n) is 1.21. The van der Waals surface area contributed by atoms with Gasteiger partial charge in [-0.15, -0.1) is 0 Å². The Balaban J connectivity index is 0. The van der Waals surface area contributed by atoms with E-state index >= 15 is 0 Å². The van der Waals surface area contributed by atoms with Crippen molar-refractivity contribution in [2.45, 2.75) is 13.3 Å². The Kier molecular flexibility index (Phi) is 13.6. The van der Waals surface area contributed by atoms with Crippen molar-refractivity contribution >= 4 is 29.2 Å². The van der Waals surface area contributed by atoms with E-state index in [-0.39, 0.29) is 51.4 Å². The number of rotatable bonds is 2. The van der Waals surface area contributed by atoms with E-state index in [1.165, 1.54) is 0 Å². The quantitative estimate of drug-likeness (QED) is 0.290. The minimum Gasteiger partial charge on any atom is -0.412 e. The second kappa shape index (κ2) is 8.75. The number of thiocarbonyl (C=S) groups is 1. The molecule has 0 rings (SSSR count). The first-order chi connectivity index (χ1) is 3.27. The van der Waals surface area contributed by atoms with Crippen LogP contribution in [0.4, 0.5) is 0 Å². The van der Waals surface area contributed by atoms with Gasteiger partial charge < -0.3 is 30.2 Å². The molecule has 8 heavy (non-hydrogen) atoms. The van der Waals surface area contributed by atoms with Crippen molar-refractivity contribution in [3.63, 3.8) is 0 Å². The zero-order valence-electron chi connectivity index (χ0n) is 5.23. The summed E-state index contributed by atoms with van der Waals surface area (Å²) in [4.78, 5) is 0. The first-order valence-electron chi connectivity index (χ1n) is 2.22. The van der Waals surface area contributed by atoms with E-state index in [1.807, 2.05) is 0 Å². The topological polar surface area (TPSA) is 12.0 Å². The van der Waals surface area contributed by atoms with Gasteiger partial charge in [-0.1, -0.05) is 11.2 Å². The van der Waals surface area contributed by atoms with Crippen LogP contribution in [0.2, 0.25) is 0 Å². The molecule has 0 amide bonds. The zero-order valence-corrected chi connectivity index (χ0v) is 9.99. The van der Waals surface area contributed by atoms with E-state index in [9.17, 15) is 0 Å². The van der Waals surface area contributed by atoms with Gasteiger partial charge in [-0.2, -0.15) is 0 Å². The van der Waals surface area contributed by atoms with Crippen molar-refractivity contribution in [3.05, 3.63) is 0 Å². The van der Waals surface area contributed by atoms with Gasteiger partial charge in [0, 0.05) is 6.54 Å². The molecule has 4 heteroatoms. The molecule has 0 saturated heterocycles. The molecule has 0 aromatic heterocycles. The Morgan fingerprint density at radius 2 is 2.25 bits per heavy atom. The summed E-state index contributed by atoms with van der Waals surface area (Å²) in [5, 5.41) is 2.84. The van der Waals surface area contributed by atoms with Crippen LogP contribution in [-0.2, 0) is 12.6 Å². The van der Waals surface area contributed by atoms with Gasteiger partial charge in [0.2, 0.25) is 0 Å². The van der Waals surface area contributed by atoms with Crippen LogP contribution < -0.4 is 56.7 Å². The average molecular weight is 173 g/mol. The smallest absolute Gasteiger partial charge is 0.412 e. The molecular weight excluding hydrogens is 165 g/mol. The molecule has 1 N–H and O–H groups in total. The van der Waals surface area contributed by atoms with Crippen molar-refractivity contribution in [1.29, 1.82) is 0 Å². The summed E-state index contributed by atoms with van der Waals surface area (Å²) in [7, 11) is 0. The van der Waals surface area contributed by atoms with Crippen LogP contribution in [0.15, 0.2) is 0 Å². The maximum atomic E-state index is 4.56. The molecule has 0 unspecified atom stereocenters. The van der Waals surface area contributed by atoms with E-state index < -0.39 is 0 Å². The van der Waals surface area contributed by atoms with Crippen molar-refractivity contribution in [2.24, 2.45) is 0 Å². The summed E-state index contributed by atoms with van der Waals surface area (Å²) in [6.45, 7) is 2.98. The molecule has 0 fully saturated rings. The fraction of sp³-hybridized carbons (Fsp3) is 0.750. The maximum Gasteiger partial charge on any atom is 1.00 e. The van der Waals surface area contributed by atoms with Gasteiger partial charge in [0.25, 0.3) is 0 Å². The predicted molar refractivity (Wildman–Crippen MR) is 38.3 cm³/mol. The number of nitrogens with one attached hydrogen (secondary N) is 1. The second-order valence-corrected chi connectivity index (χ2v) is 2.29. The Morgan fingerprint density at radius 1 is 1.75 bits per heavy atom. The Bertz CT molecular complexity index is 67.1. The summed E-state index contributed by atoms with van der Waals surface area (Å²) in [5.74, 6) is 0. The largest absolute Gasteiger partial charge is 1.00 e. The van der Waals surface area contributed by atoms with E-state index in [2.05, 4.69) is 37.1 Å². The first kappa shape index (κ1) is 12.4. The monoisotopic (exact) mass is 173 g/mol. The Hall–Kier alpha value is 1.75. The number of hydrogen-bond donors (Lipinski definition) is 1. The van der Waals surface area contributed by atoms with Crippen LogP contribution in [-0.4, -0.2) is 10.9 Å². The minimum absolute atomic E-state index is 0. The third-order valence-corrected chi connectivity index (χ3v) is 0.808. The summed E-state index contributed by atoms with van der Waals surface area (Å²) in [5.41, 5.74) is 0. The van der Waals surface area contributed by atoms with Crippen LogP contribution in [0, 0.1) is 0 Å². The van der Waals surface area contributed by atoms with Gasteiger partial charge in [-0.05, 0) is 6.42 Å². The maximum absolute atomic E-state index is 4.56. The van der Waals surface area contributed by atoms with Gasteiger partial charge in [0.05, 0.1) is 0 Å². The Labute approximate surface area is 104 Å². The molecule has 1 nitrogen and oxygen atoms in total. The fourth-order valence-corrected chi connectivity index (χ4v) is 0.431.